The van der Waals surface area contributed by atoms with Crippen LogP contribution >= 0.6 is 0 Å². The van der Waals surface area contributed by atoms with Gasteiger partial charge in [-0.05, 0) is 12.3 Å². The highest BCUT2D eigenvalue weighted by Gasteiger charge is 2.36. The molecule has 0 amide bonds. The van der Waals surface area contributed by atoms with Gasteiger partial charge in [0.05, 0.1) is 18.1 Å². The Morgan fingerprint density at radius 1 is 1.75 bits per heavy atom. The van der Waals surface area contributed by atoms with Crippen LogP contribution in [0.4, 0.5) is 0 Å². The van der Waals surface area contributed by atoms with Crippen molar-refractivity contribution in [3.05, 3.63) is 0 Å². The van der Waals surface area contributed by atoms with E-state index in [4.69, 9.17) is 10.4 Å². The minimum absolute atomic E-state index is 0.0880. The van der Waals surface area contributed by atoms with Crippen LogP contribution in [0.25, 0.3) is 0 Å². The average Bonchev–Trinajstić information content (AvgIpc) is 1.67. The third kappa shape index (κ3) is 0.597. The lowest BCUT2D eigenvalue weighted by molar-refractivity contribution is 0.00613. The van der Waals surface area contributed by atoms with E-state index in [0.717, 1.165) is 6.42 Å². The van der Waals surface area contributed by atoms with Gasteiger partial charge in [0.2, 0.25) is 0 Å². The van der Waals surface area contributed by atoms with Gasteiger partial charge in [-0.2, -0.15) is 5.26 Å². The number of hydrogen-bond acceptors (Lipinski definition) is 2. The van der Waals surface area contributed by atoms with Crippen molar-refractivity contribution in [1.82, 2.24) is 0 Å². The molecule has 0 spiro atoms. The molecule has 1 aliphatic rings. The van der Waals surface area contributed by atoms with Crippen LogP contribution in [0.3, 0.4) is 0 Å². The van der Waals surface area contributed by atoms with Crippen LogP contribution in [0.2, 0.25) is 0 Å². The molecule has 1 aliphatic carbocycles. The third-order valence-electron chi connectivity index (χ3n) is 1.79. The fourth-order valence-corrected chi connectivity index (χ4v) is 1.07. The smallest absolute Gasteiger partial charge is 0.0749 e. The zero-order valence-corrected chi connectivity index (χ0v) is 4.83. The number of nitrogens with zero attached hydrogens (tertiary/aromatic N) is 1. The minimum atomic E-state index is -0.338. The van der Waals surface area contributed by atoms with E-state index in [0.29, 0.717) is 5.92 Å². The molecule has 0 aromatic rings. The van der Waals surface area contributed by atoms with E-state index >= 15 is 0 Å². The number of aliphatic hydroxyl groups excluding tert-OH is 1. The van der Waals surface area contributed by atoms with E-state index in [-0.39, 0.29) is 12.0 Å². The number of hydrogen-bond donors (Lipinski definition) is 1. The van der Waals surface area contributed by atoms with Gasteiger partial charge < -0.3 is 5.11 Å². The zero-order chi connectivity index (χ0) is 6.15. The lowest BCUT2D eigenvalue weighted by Gasteiger charge is -2.33. The van der Waals surface area contributed by atoms with E-state index in [1.807, 2.05) is 6.92 Å². The summed E-state index contributed by atoms with van der Waals surface area (Å²) >= 11 is 0. The summed E-state index contributed by atoms with van der Waals surface area (Å²) in [7, 11) is 0. The van der Waals surface area contributed by atoms with Gasteiger partial charge in [-0.3, -0.25) is 0 Å². The zero-order valence-electron chi connectivity index (χ0n) is 4.83. The fraction of sp³-hybridized carbons (Fsp3) is 0.833. The first-order valence-electron chi connectivity index (χ1n) is 2.83. The molecule has 0 heterocycles. The van der Waals surface area contributed by atoms with Crippen molar-refractivity contribution in [1.29, 1.82) is 5.26 Å². The van der Waals surface area contributed by atoms with Crippen molar-refractivity contribution in [2.45, 2.75) is 19.4 Å². The molecule has 0 saturated heterocycles. The van der Waals surface area contributed by atoms with E-state index in [1.165, 1.54) is 0 Å². The molecule has 3 unspecified atom stereocenters. The Balaban J connectivity index is 2.43. The van der Waals surface area contributed by atoms with Crippen molar-refractivity contribution >= 4 is 0 Å². The molecule has 0 aromatic heterocycles. The summed E-state index contributed by atoms with van der Waals surface area (Å²) < 4.78 is 0. The van der Waals surface area contributed by atoms with Crippen LogP contribution in [0.1, 0.15) is 13.3 Å². The van der Waals surface area contributed by atoms with Crippen molar-refractivity contribution in [2.75, 3.05) is 0 Å². The normalized spacial score (nSPS) is 44.9. The molecule has 0 aromatic carbocycles. The van der Waals surface area contributed by atoms with E-state index in [1.54, 1.807) is 0 Å². The highest BCUT2D eigenvalue weighted by atomic mass is 16.3. The Kier molecular flexibility index (Phi) is 1.22. The molecule has 44 valence electrons. The fourth-order valence-electron chi connectivity index (χ4n) is 1.07. The monoisotopic (exact) mass is 111 g/mol. The molecule has 1 fully saturated rings. The van der Waals surface area contributed by atoms with Crippen molar-refractivity contribution in [2.24, 2.45) is 11.8 Å². The maximum Gasteiger partial charge on any atom is 0.0749 e. The summed E-state index contributed by atoms with van der Waals surface area (Å²) in [6.07, 6.45) is 0.466. The van der Waals surface area contributed by atoms with Crippen LogP contribution in [0.15, 0.2) is 0 Å². The molecular formula is C6H9NO. The van der Waals surface area contributed by atoms with E-state index < -0.39 is 0 Å². The Morgan fingerprint density at radius 3 is 2.50 bits per heavy atom. The van der Waals surface area contributed by atoms with Gasteiger partial charge in [-0.1, -0.05) is 6.92 Å². The van der Waals surface area contributed by atoms with Crippen molar-refractivity contribution in [3.8, 4) is 6.07 Å². The predicted molar refractivity (Wildman–Crippen MR) is 28.9 cm³/mol. The average molecular weight is 111 g/mol. The number of nitriles is 1. The topological polar surface area (TPSA) is 44.0 Å². The molecule has 8 heavy (non-hydrogen) atoms. The highest BCUT2D eigenvalue weighted by molar-refractivity contribution is 4.99. The van der Waals surface area contributed by atoms with Crippen LogP contribution < -0.4 is 0 Å². The Labute approximate surface area is 48.7 Å². The number of aliphatic hydroxyl groups is 1. The summed E-state index contributed by atoms with van der Waals surface area (Å²) in [5, 5.41) is 17.2. The van der Waals surface area contributed by atoms with Crippen LogP contribution in [-0.4, -0.2) is 11.2 Å². The van der Waals surface area contributed by atoms with Crippen LogP contribution in [-0.2, 0) is 0 Å². The summed E-state index contributed by atoms with van der Waals surface area (Å²) in [5.41, 5.74) is 0. The largest absolute Gasteiger partial charge is 0.392 e. The third-order valence-corrected chi connectivity index (χ3v) is 1.79. The maximum atomic E-state index is 8.86. The predicted octanol–water partition coefficient (Wildman–Crippen LogP) is 0.527. The Bertz CT molecular complexity index is 119. The maximum absolute atomic E-state index is 8.86. The van der Waals surface area contributed by atoms with Gasteiger partial charge in [-0.15, -0.1) is 0 Å². The molecule has 1 saturated carbocycles. The molecular weight excluding hydrogens is 102 g/mol. The van der Waals surface area contributed by atoms with Gasteiger partial charge in [0.25, 0.3) is 0 Å². The second kappa shape index (κ2) is 1.75. The second-order valence-electron chi connectivity index (χ2n) is 2.44. The first-order valence-corrected chi connectivity index (χ1v) is 2.83. The number of rotatable bonds is 0. The Morgan fingerprint density at radius 2 is 2.38 bits per heavy atom. The van der Waals surface area contributed by atoms with E-state index in [2.05, 4.69) is 6.07 Å². The second-order valence-corrected chi connectivity index (χ2v) is 2.44. The molecule has 2 heteroatoms. The lowest BCUT2D eigenvalue weighted by Crippen LogP contribution is -2.38. The van der Waals surface area contributed by atoms with E-state index in [9.17, 15) is 0 Å². The minimum Gasteiger partial charge on any atom is -0.392 e. The van der Waals surface area contributed by atoms with Crippen LogP contribution in [0, 0.1) is 23.2 Å². The summed E-state index contributed by atoms with van der Waals surface area (Å²) in [6.45, 7) is 1.99. The van der Waals surface area contributed by atoms with Crippen LogP contribution in [0.5, 0.6) is 0 Å². The molecule has 3 atom stereocenters. The Hall–Kier alpha value is -0.550. The SMILES string of the molecule is CC1CC(O)C1C#N. The van der Waals surface area contributed by atoms with Gasteiger partial charge in [0.1, 0.15) is 0 Å². The molecule has 0 aliphatic heterocycles. The van der Waals surface area contributed by atoms with Gasteiger partial charge in [0.15, 0.2) is 0 Å². The molecule has 0 radical (unpaired) electrons. The van der Waals surface area contributed by atoms with Gasteiger partial charge in [-0.25, -0.2) is 0 Å². The first kappa shape index (κ1) is 5.58. The standard InChI is InChI=1S/C6H9NO/c1-4-2-6(8)5(4)3-7/h4-6,8H,2H2,1H3. The summed E-state index contributed by atoms with van der Waals surface area (Å²) in [4.78, 5) is 0. The highest BCUT2D eigenvalue weighted by Crippen LogP contribution is 2.32. The van der Waals surface area contributed by atoms with Gasteiger partial charge >= 0.3 is 0 Å². The molecule has 0 bridgehead atoms. The van der Waals surface area contributed by atoms with Crippen molar-refractivity contribution < 1.29 is 5.11 Å². The van der Waals surface area contributed by atoms with Crippen molar-refractivity contribution in [3.63, 3.8) is 0 Å². The molecule has 2 nitrogen and oxygen atoms in total. The first-order chi connectivity index (χ1) is 3.75. The molecule has 1 N–H and O–H groups in total. The molecule has 1 rings (SSSR count). The summed E-state index contributed by atoms with van der Waals surface area (Å²) in [5.74, 6) is 0.324. The quantitative estimate of drug-likeness (QED) is 0.495. The summed E-state index contributed by atoms with van der Waals surface area (Å²) in [6, 6.07) is 2.05. The lowest BCUT2D eigenvalue weighted by atomic mass is 9.73. The van der Waals surface area contributed by atoms with Gasteiger partial charge in [0, 0.05) is 0 Å².